The number of nitrogens with zero attached hydrogens (tertiary/aromatic N) is 1. The molecule has 0 aliphatic carbocycles. The van der Waals surface area contributed by atoms with Gasteiger partial charge < -0.3 is 4.74 Å². The fourth-order valence-electron chi connectivity index (χ4n) is 1.70. The second-order valence-corrected chi connectivity index (χ2v) is 4.31. The Morgan fingerprint density at radius 1 is 1.05 bits per heavy atom. The van der Waals surface area contributed by atoms with Crippen molar-refractivity contribution < 1.29 is 4.74 Å². The third-order valence-corrected chi connectivity index (χ3v) is 2.78. The number of methoxy groups -OCH3 is 1. The lowest BCUT2D eigenvalue weighted by molar-refractivity contribution is 0.416. The van der Waals surface area contributed by atoms with E-state index < -0.39 is 0 Å². The molecule has 0 spiro atoms. The van der Waals surface area contributed by atoms with Crippen molar-refractivity contribution in [2.45, 2.75) is 6.92 Å². The van der Waals surface area contributed by atoms with Gasteiger partial charge in [-0.1, -0.05) is 48.5 Å². The van der Waals surface area contributed by atoms with Gasteiger partial charge in [-0.25, -0.2) is 0 Å². The zero-order valence-corrected chi connectivity index (χ0v) is 11.7. The molecule has 0 aliphatic rings. The second-order valence-electron chi connectivity index (χ2n) is 4.31. The van der Waals surface area contributed by atoms with E-state index in [1.807, 2.05) is 61.5 Å². The molecule has 0 unspecified atom stereocenters. The number of anilines is 1. The zero-order chi connectivity index (χ0) is 14.2. The van der Waals surface area contributed by atoms with Crippen molar-refractivity contribution in [1.82, 2.24) is 0 Å². The molecule has 3 heteroatoms. The Labute approximate surface area is 119 Å². The lowest BCUT2D eigenvalue weighted by atomic mass is 10.2. The topological polar surface area (TPSA) is 33.6 Å². The van der Waals surface area contributed by atoms with Crippen LogP contribution >= 0.6 is 0 Å². The van der Waals surface area contributed by atoms with Crippen molar-refractivity contribution >= 4 is 17.5 Å². The van der Waals surface area contributed by atoms with Crippen LogP contribution < -0.4 is 10.2 Å². The highest BCUT2D eigenvalue weighted by atomic mass is 16.5. The summed E-state index contributed by atoms with van der Waals surface area (Å²) in [6.45, 7) is 1.95. The van der Waals surface area contributed by atoms with Crippen molar-refractivity contribution in [2.75, 3.05) is 12.5 Å². The number of nitrogens with one attached hydrogen (secondary N) is 1. The van der Waals surface area contributed by atoms with E-state index in [1.54, 1.807) is 7.11 Å². The van der Waals surface area contributed by atoms with Crippen LogP contribution in [0.3, 0.4) is 0 Å². The van der Waals surface area contributed by atoms with E-state index in [2.05, 4.69) is 22.7 Å². The Bertz CT molecular complexity index is 603. The number of hydrogen-bond acceptors (Lipinski definition) is 3. The van der Waals surface area contributed by atoms with Gasteiger partial charge in [-0.05, 0) is 30.7 Å². The van der Waals surface area contributed by atoms with E-state index in [1.165, 1.54) is 0 Å². The lowest BCUT2D eigenvalue weighted by Gasteiger charge is -2.06. The molecule has 102 valence electrons. The van der Waals surface area contributed by atoms with Crippen molar-refractivity contribution in [3.8, 4) is 5.75 Å². The summed E-state index contributed by atoms with van der Waals surface area (Å²) < 4.78 is 5.26. The highest BCUT2D eigenvalue weighted by molar-refractivity contribution is 5.96. The summed E-state index contributed by atoms with van der Waals surface area (Å²) in [5.41, 5.74) is 5.90. The van der Waals surface area contributed by atoms with Crippen LogP contribution in [-0.4, -0.2) is 12.8 Å². The minimum atomic E-state index is 0.774. The summed E-state index contributed by atoms with van der Waals surface area (Å²) in [4.78, 5) is 0. The van der Waals surface area contributed by atoms with Gasteiger partial charge in [0.25, 0.3) is 0 Å². The van der Waals surface area contributed by atoms with Crippen LogP contribution in [0.25, 0.3) is 6.08 Å². The van der Waals surface area contributed by atoms with Crippen molar-refractivity contribution in [2.24, 2.45) is 5.10 Å². The molecule has 1 N–H and O–H groups in total. The first-order valence-electron chi connectivity index (χ1n) is 6.46. The molecule has 0 saturated carbocycles. The predicted octanol–water partition coefficient (Wildman–Crippen LogP) is 4.20. The highest BCUT2D eigenvalue weighted by Gasteiger charge is 1.98. The molecule has 0 fully saturated rings. The molecule has 20 heavy (non-hydrogen) atoms. The van der Waals surface area contributed by atoms with Crippen LogP contribution in [0.1, 0.15) is 12.5 Å². The van der Waals surface area contributed by atoms with Crippen LogP contribution in [0.4, 0.5) is 5.69 Å². The second kappa shape index (κ2) is 7.14. The number of hydrazone groups is 1. The maximum absolute atomic E-state index is 5.26. The quantitative estimate of drug-likeness (QED) is 0.650. The molecule has 0 aliphatic heterocycles. The summed E-state index contributed by atoms with van der Waals surface area (Å²) in [5.74, 6) is 0.774. The van der Waals surface area contributed by atoms with Crippen molar-refractivity contribution in [3.05, 3.63) is 66.2 Å². The number of para-hydroxylation sites is 2. The van der Waals surface area contributed by atoms with Crippen LogP contribution in [0.15, 0.2) is 65.8 Å². The summed E-state index contributed by atoms with van der Waals surface area (Å²) in [7, 11) is 1.65. The van der Waals surface area contributed by atoms with Gasteiger partial charge in [0.2, 0.25) is 0 Å². The largest absolute Gasteiger partial charge is 0.495 e. The molecular formula is C17H18N2O. The van der Waals surface area contributed by atoms with Gasteiger partial charge in [-0.15, -0.1) is 0 Å². The maximum atomic E-state index is 5.26. The molecule has 0 atom stereocenters. The van der Waals surface area contributed by atoms with Crippen LogP contribution in [0, 0.1) is 0 Å². The Morgan fingerprint density at radius 2 is 1.75 bits per heavy atom. The minimum absolute atomic E-state index is 0.774. The molecule has 3 nitrogen and oxygen atoms in total. The predicted molar refractivity (Wildman–Crippen MR) is 85.2 cm³/mol. The normalized spacial score (nSPS) is 11.6. The summed E-state index contributed by atoms with van der Waals surface area (Å²) >= 11 is 0. The summed E-state index contributed by atoms with van der Waals surface area (Å²) in [6.07, 6.45) is 4.00. The third-order valence-electron chi connectivity index (χ3n) is 2.78. The number of hydrogen-bond donors (Lipinski definition) is 1. The van der Waals surface area contributed by atoms with Gasteiger partial charge >= 0.3 is 0 Å². The molecular weight excluding hydrogens is 248 g/mol. The Hall–Kier alpha value is -2.55. The smallest absolute Gasteiger partial charge is 0.143 e. The third kappa shape index (κ3) is 3.99. The number of rotatable bonds is 5. The Morgan fingerprint density at radius 3 is 2.50 bits per heavy atom. The Balaban J connectivity index is 2.02. The number of ether oxygens (including phenoxy) is 1. The summed E-state index contributed by atoms with van der Waals surface area (Å²) in [6, 6.07) is 17.8. The van der Waals surface area contributed by atoms with Crippen molar-refractivity contribution in [1.29, 1.82) is 0 Å². The van der Waals surface area contributed by atoms with Gasteiger partial charge in [0, 0.05) is 0 Å². The van der Waals surface area contributed by atoms with Crippen LogP contribution in [0.2, 0.25) is 0 Å². The molecule has 2 aromatic carbocycles. The van der Waals surface area contributed by atoms with E-state index in [9.17, 15) is 0 Å². The first-order chi connectivity index (χ1) is 9.79. The van der Waals surface area contributed by atoms with E-state index in [4.69, 9.17) is 4.74 Å². The van der Waals surface area contributed by atoms with Gasteiger partial charge in [0.15, 0.2) is 0 Å². The van der Waals surface area contributed by atoms with Crippen LogP contribution in [0.5, 0.6) is 5.75 Å². The van der Waals surface area contributed by atoms with Crippen LogP contribution in [-0.2, 0) is 0 Å². The number of allylic oxidation sites excluding steroid dienone is 1. The minimum Gasteiger partial charge on any atom is -0.495 e. The lowest BCUT2D eigenvalue weighted by Crippen LogP contribution is -1.96. The molecule has 0 saturated heterocycles. The van der Waals surface area contributed by atoms with Gasteiger partial charge in [-0.2, -0.15) is 5.10 Å². The fraction of sp³-hybridized carbons (Fsp3) is 0.118. The van der Waals surface area contributed by atoms with Gasteiger partial charge in [0.05, 0.1) is 18.5 Å². The average Bonchev–Trinajstić information content (AvgIpc) is 2.52. The van der Waals surface area contributed by atoms with E-state index in [0.717, 1.165) is 22.7 Å². The van der Waals surface area contributed by atoms with Gasteiger partial charge in [0.1, 0.15) is 5.75 Å². The average molecular weight is 266 g/mol. The zero-order valence-electron chi connectivity index (χ0n) is 11.7. The van der Waals surface area contributed by atoms with E-state index in [-0.39, 0.29) is 0 Å². The SMILES string of the molecule is COc1ccccc1N/N=C(C)\C=C\c1ccccc1. The number of benzene rings is 2. The molecule has 0 radical (unpaired) electrons. The first kappa shape index (κ1) is 13.9. The maximum Gasteiger partial charge on any atom is 0.143 e. The Kier molecular flexibility index (Phi) is 4.95. The van der Waals surface area contributed by atoms with E-state index >= 15 is 0 Å². The fourth-order valence-corrected chi connectivity index (χ4v) is 1.70. The van der Waals surface area contributed by atoms with Gasteiger partial charge in [-0.3, -0.25) is 5.43 Å². The van der Waals surface area contributed by atoms with E-state index in [0.29, 0.717) is 0 Å². The summed E-state index contributed by atoms with van der Waals surface area (Å²) in [5, 5.41) is 4.32. The molecule has 2 aromatic rings. The highest BCUT2D eigenvalue weighted by Crippen LogP contribution is 2.22. The van der Waals surface area contributed by atoms with Crippen molar-refractivity contribution in [3.63, 3.8) is 0 Å². The molecule has 0 amide bonds. The first-order valence-corrected chi connectivity index (χ1v) is 6.46. The molecule has 0 aromatic heterocycles. The molecule has 0 bridgehead atoms. The monoisotopic (exact) mass is 266 g/mol. The molecule has 2 rings (SSSR count). The molecule has 0 heterocycles. The standard InChI is InChI=1S/C17H18N2O/c1-14(12-13-15-8-4-3-5-9-15)18-19-16-10-6-7-11-17(16)20-2/h3-13,19H,1-2H3/b13-12+,18-14-.